The van der Waals surface area contributed by atoms with Gasteiger partial charge < -0.3 is 9.47 Å². The van der Waals surface area contributed by atoms with Crippen LogP contribution in [-0.2, 0) is 9.47 Å². The highest BCUT2D eigenvalue weighted by Crippen LogP contribution is 2.30. The van der Waals surface area contributed by atoms with Crippen LogP contribution in [0.5, 0.6) is 0 Å². The number of hydrogen-bond donors (Lipinski definition) is 0. The van der Waals surface area contributed by atoms with Crippen molar-refractivity contribution in [2.45, 2.75) is 56.1 Å². The molecule has 0 aromatic carbocycles. The first kappa shape index (κ1) is 11.9. The smallest absolute Gasteiger partial charge is 0.0959 e. The molecule has 0 amide bonds. The normalized spacial score (nSPS) is 35.6. The maximum Gasteiger partial charge on any atom is 0.0959 e. The molecular formula is C12H21BrO2. The lowest BCUT2D eigenvalue weighted by Crippen LogP contribution is -2.32. The molecule has 0 N–H and O–H groups in total. The largest absolute Gasteiger partial charge is 0.377 e. The Labute approximate surface area is 101 Å². The van der Waals surface area contributed by atoms with Crippen LogP contribution in [0.1, 0.15) is 39.0 Å². The quantitative estimate of drug-likeness (QED) is 0.738. The van der Waals surface area contributed by atoms with Gasteiger partial charge in [0.2, 0.25) is 0 Å². The Hall–Kier alpha value is 0.400. The van der Waals surface area contributed by atoms with Gasteiger partial charge in [0.05, 0.1) is 30.2 Å². The number of halogens is 1. The van der Waals surface area contributed by atoms with Crippen molar-refractivity contribution in [3.63, 3.8) is 0 Å². The average Bonchev–Trinajstić information content (AvgIpc) is 2.66. The molecule has 0 aromatic heterocycles. The molecule has 0 radical (unpaired) electrons. The van der Waals surface area contributed by atoms with Crippen molar-refractivity contribution in [1.29, 1.82) is 0 Å². The Morgan fingerprint density at radius 1 is 1.20 bits per heavy atom. The summed E-state index contributed by atoms with van der Waals surface area (Å²) in [5.41, 5.74) is 0. The molecule has 0 aromatic rings. The molecule has 0 bridgehead atoms. The molecule has 1 aliphatic heterocycles. The Morgan fingerprint density at radius 2 is 1.93 bits per heavy atom. The van der Waals surface area contributed by atoms with Crippen LogP contribution in [0.2, 0.25) is 0 Å². The van der Waals surface area contributed by atoms with Crippen molar-refractivity contribution in [2.24, 2.45) is 5.92 Å². The van der Waals surface area contributed by atoms with E-state index in [9.17, 15) is 0 Å². The van der Waals surface area contributed by atoms with Gasteiger partial charge in [0.15, 0.2) is 0 Å². The maximum absolute atomic E-state index is 6.09. The summed E-state index contributed by atoms with van der Waals surface area (Å²) in [4.78, 5) is 0.392. The van der Waals surface area contributed by atoms with Crippen LogP contribution < -0.4 is 0 Å². The fourth-order valence-electron chi connectivity index (χ4n) is 2.62. The molecule has 2 aliphatic rings. The van der Waals surface area contributed by atoms with E-state index in [-0.39, 0.29) is 6.10 Å². The molecule has 3 heteroatoms. The molecule has 1 saturated heterocycles. The summed E-state index contributed by atoms with van der Waals surface area (Å²) >= 11 is 3.61. The Bertz CT molecular complexity index is 192. The Morgan fingerprint density at radius 3 is 2.53 bits per heavy atom. The zero-order chi connectivity index (χ0) is 10.7. The van der Waals surface area contributed by atoms with Crippen LogP contribution >= 0.6 is 15.9 Å². The molecule has 3 unspecified atom stereocenters. The van der Waals surface area contributed by atoms with Crippen LogP contribution in [0, 0.1) is 5.92 Å². The summed E-state index contributed by atoms with van der Waals surface area (Å²) in [7, 11) is 0. The van der Waals surface area contributed by atoms with Crippen LogP contribution in [0.15, 0.2) is 0 Å². The van der Waals surface area contributed by atoms with E-state index in [0.717, 1.165) is 19.1 Å². The monoisotopic (exact) mass is 276 g/mol. The molecule has 2 nitrogen and oxygen atoms in total. The molecule has 88 valence electrons. The number of ether oxygens (including phenoxy) is 2. The van der Waals surface area contributed by atoms with Crippen molar-refractivity contribution in [3.8, 4) is 0 Å². The molecule has 0 spiro atoms. The van der Waals surface area contributed by atoms with Crippen LogP contribution in [0.25, 0.3) is 0 Å². The van der Waals surface area contributed by atoms with Crippen molar-refractivity contribution in [2.75, 3.05) is 13.2 Å². The fraction of sp³-hybridized carbons (Fsp3) is 1.00. The van der Waals surface area contributed by atoms with Gasteiger partial charge in [-0.3, -0.25) is 0 Å². The van der Waals surface area contributed by atoms with E-state index < -0.39 is 0 Å². The van der Waals surface area contributed by atoms with Gasteiger partial charge in [-0.05, 0) is 25.7 Å². The second kappa shape index (κ2) is 5.65. The van der Waals surface area contributed by atoms with Gasteiger partial charge >= 0.3 is 0 Å². The average molecular weight is 277 g/mol. The Balaban J connectivity index is 1.77. The van der Waals surface area contributed by atoms with Crippen LogP contribution in [-0.4, -0.2) is 30.2 Å². The van der Waals surface area contributed by atoms with Crippen molar-refractivity contribution >= 4 is 15.9 Å². The number of alkyl halides is 1. The first-order valence-electron chi connectivity index (χ1n) is 6.14. The zero-order valence-electron chi connectivity index (χ0n) is 9.45. The summed E-state index contributed by atoms with van der Waals surface area (Å²) in [5, 5.41) is 0. The van der Waals surface area contributed by atoms with Gasteiger partial charge in [-0.1, -0.05) is 35.2 Å². The second-order valence-corrected chi connectivity index (χ2v) is 6.01. The molecule has 2 fully saturated rings. The first-order valence-corrected chi connectivity index (χ1v) is 7.06. The molecular weight excluding hydrogens is 256 g/mol. The SMILES string of the molecule is CC(OC1COCC1Br)C1CCCCC1. The topological polar surface area (TPSA) is 18.5 Å². The minimum atomic E-state index is 0.266. The number of rotatable bonds is 3. The minimum Gasteiger partial charge on any atom is -0.377 e. The first-order chi connectivity index (χ1) is 7.27. The van der Waals surface area contributed by atoms with E-state index in [2.05, 4.69) is 22.9 Å². The van der Waals surface area contributed by atoms with E-state index in [1.807, 2.05) is 0 Å². The van der Waals surface area contributed by atoms with Gasteiger partial charge in [-0.15, -0.1) is 0 Å². The number of hydrogen-bond acceptors (Lipinski definition) is 2. The lowest BCUT2D eigenvalue weighted by molar-refractivity contribution is -0.0402. The minimum absolute atomic E-state index is 0.266. The summed E-state index contributed by atoms with van der Waals surface area (Å²) in [5.74, 6) is 0.777. The standard InChI is InChI=1S/C12H21BrO2/c1-9(10-5-3-2-4-6-10)15-12-8-14-7-11(12)13/h9-12H,2-8H2,1H3. The Kier molecular flexibility index (Phi) is 4.47. The molecule has 1 heterocycles. The maximum atomic E-state index is 6.09. The third kappa shape index (κ3) is 3.18. The lowest BCUT2D eigenvalue weighted by atomic mass is 9.86. The third-order valence-electron chi connectivity index (χ3n) is 3.67. The van der Waals surface area contributed by atoms with Crippen LogP contribution in [0.4, 0.5) is 0 Å². The summed E-state index contributed by atoms with van der Waals surface area (Å²) < 4.78 is 11.5. The summed E-state index contributed by atoms with van der Waals surface area (Å²) in [6.07, 6.45) is 7.55. The molecule has 1 aliphatic carbocycles. The lowest BCUT2D eigenvalue weighted by Gasteiger charge is -2.30. The van der Waals surface area contributed by atoms with Crippen LogP contribution in [0.3, 0.4) is 0 Å². The van der Waals surface area contributed by atoms with Gasteiger partial charge in [-0.25, -0.2) is 0 Å². The zero-order valence-corrected chi connectivity index (χ0v) is 11.0. The van der Waals surface area contributed by atoms with E-state index in [1.54, 1.807) is 0 Å². The highest BCUT2D eigenvalue weighted by Gasteiger charge is 2.30. The van der Waals surface area contributed by atoms with Gasteiger partial charge in [0.25, 0.3) is 0 Å². The van der Waals surface area contributed by atoms with E-state index >= 15 is 0 Å². The predicted octanol–water partition coefficient (Wildman–Crippen LogP) is 3.13. The van der Waals surface area contributed by atoms with Crippen molar-refractivity contribution < 1.29 is 9.47 Å². The highest BCUT2D eigenvalue weighted by atomic mass is 79.9. The van der Waals surface area contributed by atoms with Crippen molar-refractivity contribution in [3.05, 3.63) is 0 Å². The molecule has 1 saturated carbocycles. The fourth-order valence-corrected chi connectivity index (χ4v) is 3.09. The summed E-state index contributed by atoms with van der Waals surface area (Å²) in [6, 6.07) is 0. The van der Waals surface area contributed by atoms with E-state index in [0.29, 0.717) is 10.9 Å². The molecule has 15 heavy (non-hydrogen) atoms. The van der Waals surface area contributed by atoms with Gasteiger partial charge in [0, 0.05) is 0 Å². The molecule has 3 atom stereocenters. The highest BCUT2D eigenvalue weighted by molar-refractivity contribution is 9.09. The van der Waals surface area contributed by atoms with Gasteiger partial charge in [0.1, 0.15) is 0 Å². The van der Waals surface area contributed by atoms with E-state index in [4.69, 9.17) is 9.47 Å². The molecule has 2 rings (SSSR count). The summed E-state index contributed by atoms with van der Waals surface area (Å²) in [6.45, 7) is 3.78. The van der Waals surface area contributed by atoms with Crippen molar-refractivity contribution in [1.82, 2.24) is 0 Å². The second-order valence-electron chi connectivity index (χ2n) is 4.83. The predicted molar refractivity (Wildman–Crippen MR) is 64.4 cm³/mol. The van der Waals surface area contributed by atoms with Gasteiger partial charge in [-0.2, -0.15) is 0 Å². The van der Waals surface area contributed by atoms with E-state index in [1.165, 1.54) is 32.1 Å². The third-order valence-corrected chi connectivity index (χ3v) is 4.52.